The fourth-order valence-corrected chi connectivity index (χ4v) is 5.51. The molecule has 11 heteroatoms. The van der Waals surface area contributed by atoms with Gasteiger partial charge in [-0.05, 0) is 23.8 Å². The average Bonchev–Trinajstić information content (AvgIpc) is 3.37. The predicted octanol–water partition coefficient (Wildman–Crippen LogP) is 3.34. The zero-order chi connectivity index (χ0) is 23.0. The summed E-state index contributed by atoms with van der Waals surface area (Å²) >= 11 is 5.98. The molecule has 32 heavy (non-hydrogen) atoms. The lowest BCUT2D eigenvalue weighted by molar-refractivity contribution is 0.337. The molecule has 0 bridgehead atoms. The van der Waals surface area contributed by atoms with Gasteiger partial charge in [0, 0.05) is 28.5 Å². The third kappa shape index (κ3) is 4.13. The summed E-state index contributed by atoms with van der Waals surface area (Å²) in [7, 11) is -2.77. The predicted molar refractivity (Wildman–Crippen MR) is 117 cm³/mol. The Morgan fingerprint density at radius 1 is 1.31 bits per heavy atom. The molecule has 1 aliphatic heterocycles. The van der Waals surface area contributed by atoms with Crippen LogP contribution in [-0.4, -0.2) is 32.3 Å². The van der Waals surface area contributed by atoms with Gasteiger partial charge in [-0.2, -0.15) is 4.72 Å². The third-order valence-electron chi connectivity index (χ3n) is 5.49. The van der Waals surface area contributed by atoms with Gasteiger partial charge in [0.2, 0.25) is 15.9 Å². The molecule has 1 aromatic heterocycles. The minimum Gasteiger partial charge on any atom is -0.495 e. The lowest BCUT2D eigenvalue weighted by atomic mass is 9.86. The molecule has 2 aromatic carbocycles. The number of ether oxygens (including phenoxy) is 2. The Hall–Kier alpha value is -2.82. The summed E-state index contributed by atoms with van der Waals surface area (Å²) in [5, 5.41) is 6.42. The average molecular weight is 480 g/mol. The Morgan fingerprint density at radius 3 is 2.78 bits per heavy atom. The van der Waals surface area contributed by atoms with Crippen molar-refractivity contribution >= 4 is 21.6 Å². The topological polar surface area (TPSA) is 124 Å². The zero-order valence-electron chi connectivity index (χ0n) is 17.6. The quantitative estimate of drug-likeness (QED) is 0.532. The second kappa shape index (κ2) is 8.61. The molecule has 0 spiro atoms. The van der Waals surface area contributed by atoms with Crippen LogP contribution in [0.5, 0.6) is 11.5 Å². The summed E-state index contributed by atoms with van der Waals surface area (Å²) in [6, 6.07) is 8.85. The highest BCUT2D eigenvalue weighted by molar-refractivity contribution is 7.89. The number of hydrogen-bond acceptors (Lipinski definition) is 7. The SMILES string of the molecule is COc1cc(Cl)ccc1S(=O)(=O)N[C@H](c1n[nH]c(=O)o1)[C@H](C)c1cccc2c1C(C)CO2. The van der Waals surface area contributed by atoms with E-state index < -0.39 is 27.7 Å². The summed E-state index contributed by atoms with van der Waals surface area (Å²) in [6.45, 7) is 4.41. The molecule has 0 aliphatic carbocycles. The van der Waals surface area contributed by atoms with Crippen molar-refractivity contribution in [2.24, 2.45) is 0 Å². The summed E-state index contributed by atoms with van der Waals surface area (Å²) in [6.07, 6.45) is 0. The molecule has 4 rings (SSSR count). The summed E-state index contributed by atoms with van der Waals surface area (Å²) in [4.78, 5) is 11.5. The number of halogens is 1. The van der Waals surface area contributed by atoms with E-state index in [0.29, 0.717) is 11.6 Å². The molecule has 0 saturated carbocycles. The van der Waals surface area contributed by atoms with Gasteiger partial charge in [0.1, 0.15) is 22.4 Å². The van der Waals surface area contributed by atoms with E-state index in [0.717, 1.165) is 16.9 Å². The normalized spacial score (nSPS) is 17.4. The van der Waals surface area contributed by atoms with E-state index in [4.69, 9.17) is 25.5 Å². The van der Waals surface area contributed by atoms with Gasteiger partial charge in [-0.3, -0.25) is 0 Å². The lowest BCUT2D eigenvalue weighted by Gasteiger charge is -2.25. The Kier molecular flexibility index (Phi) is 6.02. The fourth-order valence-electron chi connectivity index (χ4n) is 3.92. The highest BCUT2D eigenvalue weighted by Gasteiger charge is 2.35. The Morgan fingerprint density at radius 2 is 2.09 bits per heavy atom. The number of aromatic nitrogens is 2. The highest BCUT2D eigenvalue weighted by Crippen LogP contribution is 2.42. The van der Waals surface area contributed by atoms with E-state index in [1.807, 2.05) is 32.0 Å². The number of nitrogens with zero attached hydrogens (tertiary/aromatic N) is 1. The summed E-state index contributed by atoms with van der Waals surface area (Å²) in [5.41, 5.74) is 1.86. The van der Waals surface area contributed by atoms with Gasteiger partial charge in [0.25, 0.3) is 0 Å². The molecule has 3 atom stereocenters. The van der Waals surface area contributed by atoms with Crippen molar-refractivity contribution in [3.63, 3.8) is 0 Å². The molecule has 0 saturated heterocycles. The Labute approximate surface area is 189 Å². The van der Waals surface area contributed by atoms with E-state index >= 15 is 0 Å². The van der Waals surface area contributed by atoms with Crippen LogP contribution in [0.1, 0.15) is 48.7 Å². The minimum atomic E-state index is -4.12. The third-order valence-corrected chi connectivity index (χ3v) is 7.21. The number of sulfonamides is 1. The van der Waals surface area contributed by atoms with Crippen LogP contribution >= 0.6 is 11.6 Å². The molecule has 0 fully saturated rings. The number of benzene rings is 2. The van der Waals surface area contributed by atoms with Gasteiger partial charge < -0.3 is 13.9 Å². The van der Waals surface area contributed by atoms with Crippen molar-refractivity contribution in [3.8, 4) is 11.5 Å². The number of fused-ring (bicyclic) bond motifs is 1. The highest BCUT2D eigenvalue weighted by atomic mass is 35.5. The molecule has 0 amide bonds. The molecule has 3 aromatic rings. The van der Waals surface area contributed by atoms with Gasteiger partial charge in [-0.1, -0.05) is 37.6 Å². The number of H-pyrrole nitrogens is 1. The van der Waals surface area contributed by atoms with Crippen LogP contribution < -0.4 is 20.0 Å². The van der Waals surface area contributed by atoms with Crippen LogP contribution in [0.2, 0.25) is 5.02 Å². The second-order valence-electron chi connectivity index (χ2n) is 7.61. The van der Waals surface area contributed by atoms with Crippen molar-refractivity contribution in [1.29, 1.82) is 0 Å². The maximum atomic E-state index is 13.3. The van der Waals surface area contributed by atoms with Gasteiger partial charge >= 0.3 is 5.76 Å². The van der Waals surface area contributed by atoms with Gasteiger partial charge in [-0.25, -0.2) is 18.3 Å². The maximum Gasteiger partial charge on any atom is 0.434 e. The maximum absolute atomic E-state index is 13.3. The number of methoxy groups -OCH3 is 1. The molecule has 170 valence electrons. The smallest absolute Gasteiger partial charge is 0.434 e. The molecular formula is C21H22ClN3O6S. The first-order valence-electron chi connectivity index (χ1n) is 9.88. The van der Waals surface area contributed by atoms with Crippen LogP contribution in [0.3, 0.4) is 0 Å². The van der Waals surface area contributed by atoms with Gasteiger partial charge in [0.05, 0.1) is 13.7 Å². The van der Waals surface area contributed by atoms with Crippen molar-refractivity contribution in [2.75, 3.05) is 13.7 Å². The zero-order valence-corrected chi connectivity index (χ0v) is 19.2. The van der Waals surface area contributed by atoms with Crippen molar-refractivity contribution in [2.45, 2.75) is 36.6 Å². The molecule has 1 aliphatic rings. The first-order chi connectivity index (χ1) is 15.2. The van der Waals surface area contributed by atoms with E-state index in [1.165, 1.54) is 25.3 Å². The van der Waals surface area contributed by atoms with E-state index in [1.54, 1.807) is 0 Å². The molecule has 9 nitrogen and oxygen atoms in total. The molecule has 1 unspecified atom stereocenters. The first kappa shape index (κ1) is 22.4. The number of hydrogen-bond donors (Lipinski definition) is 2. The monoisotopic (exact) mass is 479 g/mol. The number of nitrogens with one attached hydrogen (secondary N) is 2. The van der Waals surface area contributed by atoms with Crippen molar-refractivity contribution in [3.05, 3.63) is 69.0 Å². The minimum absolute atomic E-state index is 0.0804. The largest absolute Gasteiger partial charge is 0.495 e. The van der Waals surface area contributed by atoms with Crippen molar-refractivity contribution < 1.29 is 22.3 Å². The summed E-state index contributed by atoms with van der Waals surface area (Å²) < 4.78 is 45.4. The van der Waals surface area contributed by atoms with Crippen LogP contribution in [0.25, 0.3) is 0 Å². The van der Waals surface area contributed by atoms with Crippen LogP contribution in [0.15, 0.2) is 50.5 Å². The van der Waals surface area contributed by atoms with Gasteiger partial charge in [0.15, 0.2) is 0 Å². The first-order valence-corrected chi connectivity index (χ1v) is 11.7. The van der Waals surface area contributed by atoms with E-state index in [-0.39, 0.29) is 22.5 Å². The van der Waals surface area contributed by atoms with Crippen LogP contribution in [0.4, 0.5) is 0 Å². The number of rotatable bonds is 7. The molecule has 0 radical (unpaired) electrons. The molecule has 2 heterocycles. The lowest BCUT2D eigenvalue weighted by Crippen LogP contribution is -2.33. The van der Waals surface area contributed by atoms with E-state index in [2.05, 4.69) is 14.9 Å². The van der Waals surface area contributed by atoms with Gasteiger partial charge in [-0.15, -0.1) is 5.10 Å². The van der Waals surface area contributed by atoms with Crippen LogP contribution in [0, 0.1) is 0 Å². The van der Waals surface area contributed by atoms with Crippen molar-refractivity contribution in [1.82, 2.24) is 14.9 Å². The standard InChI is InChI=1S/C21H22ClN3O6S/c1-11-10-30-15-6-4-5-14(18(11)15)12(2)19(20-23-24-21(26)31-20)25-32(27,28)17-8-7-13(22)9-16(17)29-3/h4-9,11-12,19,25H,10H2,1-3H3,(H,24,26)/t11?,12-,19+/m1/s1. The van der Waals surface area contributed by atoms with E-state index in [9.17, 15) is 13.2 Å². The summed E-state index contributed by atoms with van der Waals surface area (Å²) in [5.74, 6) is -0.343. The number of aromatic amines is 1. The molecular weight excluding hydrogens is 458 g/mol. The second-order valence-corrected chi connectivity index (χ2v) is 9.72. The Bertz CT molecular complexity index is 1300. The molecule has 2 N–H and O–H groups in total. The van der Waals surface area contributed by atoms with Crippen LogP contribution in [-0.2, 0) is 10.0 Å². The Balaban J connectivity index is 1.78. The fraction of sp³-hybridized carbons (Fsp3) is 0.333.